The topological polar surface area (TPSA) is 60.2 Å². The van der Waals surface area contributed by atoms with Crippen LogP contribution in [0.5, 0.6) is 5.75 Å². The van der Waals surface area contributed by atoms with Crippen molar-refractivity contribution in [2.75, 3.05) is 13.1 Å². The summed E-state index contributed by atoms with van der Waals surface area (Å²) in [6.45, 7) is 3.69. The van der Waals surface area contributed by atoms with Crippen molar-refractivity contribution in [3.63, 3.8) is 0 Å². The van der Waals surface area contributed by atoms with E-state index in [9.17, 15) is 4.79 Å². The van der Waals surface area contributed by atoms with Gasteiger partial charge in [-0.05, 0) is 42.3 Å². The van der Waals surface area contributed by atoms with E-state index in [0.29, 0.717) is 25.3 Å². The summed E-state index contributed by atoms with van der Waals surface area (Å²) in [7, 11) is 0. The van der Waals surface area contributed by atoms with Crippen molar-refractivity contribution >= 4 is 5.91 Å². The molecule has 0 saturated carbocycles. The lowest BCUT2D eigenvalue weighted by Gasteiger charge is -2.38. The molecule has 1 aliphatic rings. The normalized spacial score (nSPS) is 13.6. The highest BCUT2D eigenvalue weighted by atomic mass is 16.5. The van der Waals surface area contributed by atoms with Crippen LogP contribution in [0.2, 0.25) is 0 Å². The van der Waals surface area contributed by atoms with Gasteiger partial charge in [-0.1, -0.05) is 65.4 Å². The highest BCUT2D eigenvalue weighted by Gasteiger charge is 2.33. The Hall–Kier alpha value is -3.93. The molecule has 0 radical (unpaired) electrons. The Morgan fingerprint density at radius 2 is 1.59 bits per heavy atom. The van der Waals surface area contributed by atoms with Gasteiger partial charge in [-0.15, -0.1) is 5.10 Å². The maximum atomic E-state index is 12.8. The van der Waals surface area contributed by atoms with Crippen LogP contribution in [0, 0.1) is 6.92 Å². The van der Waals surface area contributed by atoms with E-state index in [1.54, 1.807) is 0 Å². The number of amides is 1. The number of benzene rings is 3. The average Bonchev–Trinajstić information content (AvgIpc) is 3.26. The SMILES string of the molecule is Cc1ccc(-c2ccc(C(=O)N3CC(n4cc(COc5ccccc5)nn4)C3)cc2)cc1. The minimum atomic E-state index is 0.0458. The van der Waals surface area contributed by atoms with E-state index in [0.717, 1.165) is 22.6 Å². The zero-order valence-electron chi connectivity index (χ0n) is 17.9. The van der Waals surface area contributed by atoms with Crippen LogP contribution in [0.25, 0.3) is 11.1 Å². The molecule has 3 aromatic carbocycles. The van der Waals surface area contributed by atoms with Gasteiger partial charge in [0.25, 0.3) is 5.91 Å². The minimum absolute atomic E-state index is 0.0458. The third-order valence-electron chi connectivity index (χ3n) is 5.73. The van der Waals surface area contributed by atoms with Crippen LogP contribution >= 0.6 is 0 Å². The molecule has 0 unspecified atom stereocenters. The molecular weight excluding hydrogens is 400 g/mol. The maximum absolute atomic E-state index is 12.8. The summed E-state index contributed by atoms with van der Waals surface area (Å²) >= 11 is 0. The van der Waals surface area contributed by atoms with Crippen molar-refractivity contribution in [3.05, 3.63) is 102 Å². The fraction of sp³-hybridized carbons (Fsp3) is 0.192. The van der Waals surface area contributed by atoms with Gasteiger partial charge in [0.1, 0.15) is 18.1 Å². The molecular formula is C26H24N4O2. The van der Waals surface area contributed by atoms with Crippen molar-refractivity contribution in [2.45, 2.75) is 19.6 Å². The summed E-state index contributed by atoms with van der Waals surface area (Å²) < 4.78 is 7.55. The van der Waals surface area contributed by atoms with Crippen LogP contribution in [0.15, 0.2) is 85.1 Å². The Kier molecular flexibility index (Phi) is 5.42. The lowest BCUT2D eigenvalue weighted by molar-refractivity contribution is 0.0498. The Balaban J connectivity index is 1.15. The average molecular weight is 425 g/mol. The number of aryl methyl sites for hydroxylation is 1. The molecule has 4 aromatic rings. The maximum Gasteiger partial charge on any atom is 0.253 e. The third kappa shape index (κ3) is 4.25. The van der Waals surface area contributed by atoms with Crippen molar-refractivity contribution in [2.24, 2.45) is 0 Å². The van der Waals surface area contributed by atoms with Gasteiger partial charge in [0.05, 0.1) is 12.2 Å². The van der Waals surface area contributed by atoms with E-state index in [2.05, 4.69) is 41.5 Å². The Labute approximate surface area is 187 Å². The number of hydrogen-bond acceptors (Lipinski definition) is 4. The van der Waals surface area contributed by atoms with Gasteiger partial charge in [0.2, 0.25) is 0 Å². The number of aromatic nitrogens is 3. The second-order valence-corrected chi connectivity index (χ2v) is 8.10. The molecule has 1 saturated heterocycles. The number of carbonyl (C=O) groups excluding carboxylic acids is 1. The van der Waals surface area contributed by atoms with Crippen LogP contribution < -0.4 is 4.74 Å². The van der Waals surface area contributed by atoms with E-state index >= 15 is 0 Å². The van der Waals surface area contributed by atoms with Gasteiger partial charge in [-0.25, -0.2) is 4.68 Å². The molecule has 1 aromatic heterocycles. The van der Waals surface area contributed by atoms with Crippen LogP contribution in [-0.4, -0.2) is 38.9 Å². The number of carbonyl (C=O) groups is 1. The molecule has 6 heteroatoms. The molecule has 1 amide bonds. The monoisotopic (exact) mass is 424 g/mol. The summed E-state index contributed by atoms with van der Waals surface area (Å²) in [4.78, 5) is 14.7. The molecule has 1 fully saturated rings. The molecule has 2 heterocycles. The van der Waals surface area contributed by atoms with E-state index < -0.39 is 0 Å². The van der Waals surface area contributed by atoms with Crippen molar-refractivity contribution in [3.8, 4) is 16.9 Å². The molecule has 0 aliphatic carbocycles. The van der Waals surface area contributed by atoms with Gasteiger partial charge >= 0.3 is 0 Å². The zero-order chi connectivity index (χ0) is 21.9. The number of para-hydroxylation sites is 1. The first kappa shape index (κ1) is 20.0. The molecule has 0 spiro atoms. The van der Waals surface area contributed by atoms with Crippen molar-refractivity contribution in [1.82, 2.24) is 19.9 Å². The quantitative estimate of drug-likeness (QED) is 0.456. The summed E-state index contributed by atoms with van der Waals surface area (Å²) in [5, 5.41) is 8.41. The summed E-state index contributed by atoms with van der Waals surface area (Å²) in [5.74, 6) is 0.848. The number of ether oxygens (including phenoxy) is 1. The molecule has 1 aliphatic heterocycles. The van der Waals surface area contributed by atoms with Crippen molar-refractivity contribution in [1.29, 1.82) is 0 Å². The molecule has 6 nitrogen and oxygen atoms in total. The highest BCUT2D eigenvalue weighted by molar-refractivity contribution is 5.95. The van der Waals surface area contributed by atoms with Crippen molar-refractivity contribution < 1.29 is 9.53 Å². The first-order valence-electron chi connectivity index (χ1n) is 10.7. The van der Waals surface area contributed by atoms with Crippen LogP contribution in [-0.2, 0) is 6.61 Å². The molecule has 32 heavy (non-hydrogen) atoms. The zero-order valence-corrected chi connectivity index (χ0v) is 17.9. The first-order valence-corrected chi connectivity index (χ1v) is 10.7. The Morgan fingerprint density at radius 3 is 2.28 bits per heavy atom. The van der Waals surface area contributed by atoms with E-state index in [1.807, 2.05) is 70.4 Å². The molecule has 0 atom stereocenters. The minimum Gasteiger partial charge on any atom is -0.487 e. The second-order valence-electron chi connectivity index (χ2n) is 8.10. The smallest absolute Gasteiger partial charge is 0.253 e. The summed E-state index contributed by atoms with van der Waals surface area (Å²) in [5.41, 5.74) is 4.96. The molecule has 0 bridgehead atoms. The number of likely N-dealkylation sites (tertiary alicyclic amines) is 1. The number of hydrogen-bond donors (Lipinski definition) is 0. The van der Waals surface area contributed by atoms with Crippen LogP contribution in [0.3, 0.4) is 0 Å². The predicted molar refractivity (Wildman–Crippen MR) is 122 cm³/mol. The number of rotatable bonds is 6. The summed E-state index contributed by atoms with van der Waals surface area (Å²) in [6.07, 6.45) is 1.89. The third-order valence-corrected chi connectivity index (χ3v) is 5.73. The lowest BCUT2D eigenvalue weighted by Crippen LogP contribution is -2.50. The van der Waals surface area contributed by atoms with Gasteiger partial charge in [-0.3, -0.25) is 4.79 Å². The molecule has 5 rings (SSSR count). The largest absolute Gasteiger partial charge is 0.487 e. The highest BCUT2D eigenvalue weighted by Crippen LogP contribution is 2.25. The van der Waals surface area contributed by atoms with Crippen LogP contribution in [0.4, 0.5) is 0 Å². The fourth-order valence-corrected chi connectivity index (χ4v) is 3.75. The van der Waals surface area contributed by atoms with Crippen LogP contribution in [0.1, 0.15) is 27.7 Å². The lowest BCUT2D eigenvalue weighted by atomic mass is 10.0. The second kappa shape index (κ2) is 8.67. The van der Waals surface area contributed by atoms with E-state index in [4.69, 9.17) is 4.74 Å². The summed E-state index contributed by atoms with van der Waals surface area (Å²) in [6, 6.07) is 26.0. The van der Waals surface area contributed by atoms with Gasteiger partial charge in [-0.2, -0.15) is 0 Å². The van der Waals surface area contributed by atoms with Gasteiger partial charge < -0.3 is 9.64 Å². The van der Waals surface area contributed by atoms with Gasteiger partial charge in [0.15, 0.2) is 0 Å². The number of nitrogens with zero attached hydrogens (tertiary/aromatic N) is 4. The Morgan fingerprint density at radius 1 is 0.938 bits per heavy atom. The molecule has 160 valence electrons. The van der Waals surface area contributed by atoms with E-state index in [-0.39, 0.29) is 11.9 Å². The predicted octanol–water partition coefficient (Wildman–Crippen LogP) is 4.53. The standard InChI is InChI=1S/C26H24N4O2/c1-19-7-9-20(10-8-19)21-11-13-22(14-12-21)26(31)29-16-24(17-29)30-15-23(27-28-30)18-32-25-5-3-2-4-6-25/h2-15,24H,16-18H2,1H3. The Bertz CT molecular complexity index is 1190. The molecule has 0 N–H and O–H groups in total. The van der Waals surface area contributed by atoms with E-state index in [1.165, 1.54) is 5.56 Å². The van der Waals surface area contributed by atoms with Gasteiger partial charge in [0, 0.05) is 18.7 Å². The fourth-order valence-electron chi connectivity index (χ4n) is 3.75. The first-order chi connectivity index (χ1) is 15.7.